The summed E-state index contributed by atoms with van der Waals surface area (Å²) in [6, 6.07) is 12.6. The molecule has 1 amide bonds. The van der Waals surface area contributed by atoms with Crippen LogP contribution in [0, 0.1) is 0 Å². The maximum Gasteiger partial charge on any atom is 0.271 e. The Hall–Kier alpha value is -1.84. The normalized spacial score (nSPS) is 11.7. The lowest BCUT2D eigenvalue weighted by Crippen LogP contribution is -2.18. The van der Waals surface area contributed by atoms with E-state index in [1.54, 1.807) is 30.3 Å². The van der Waals surface area contributed by atoms with E-state index in [4.69, 9.17) is 23.2 Å². The van der Waals surface area contributed by atoms with E-state index in [0.29, 0.717) is 21.2 Å². The fraction of sp³-hybridized carbons (Fsp3) is 0.222. The van der Waals surface area contributed by atoms with E-state index in [1.807, 2.05) is 12.1 Å². The summed E-state index contributed by atoms with van der Waals surface area (Å²) in [4.78, 5) is 12.1. The minimum absolute atomic E-state index is 0.0541. The first-order valence-corrected chi connectivity index (χ1v) is 7.92. The smallest absolute Gasteiger partial charge is 0.267 e. The average Bonchev–Trinajstić information content (AvgIpc) is 2.48. The Bertz CT molecular complexity index is 732. The highest BCUT2D eigenvalue weighted by Crippen LogP contribution is 2.22. The quantitative estimate of drug-likeness (QED) is 0.611. The van der Waals surface area contributed by atoms with Gasteiger partial charge in [0.2, 0.25) is 0 Å². The summed E-state index contributed by atoms with van der Waals surface area (Å²) < 4.78 is 0. The number of nitrogens with zero attached hydrogens (tertiary/aromatic N) is 1. The molecule has 0 heterocycles. The molecule has 0 aliphatic heterocycles. The standard InChI is InChI=1S/C18H18Cl2N2O/c1-18(2,3)14-7-4-12(5-8-14)17(23)22-21-11-13-6-9-15(19)10-16(13)20/h4-11H,1-3H3,(H,22,23). The van der Waals surface area contributed by atoms with E-state index in [-0.39, 0.29) is 11.3 Å². The van der Waals surface area contributed by atoms with Crippen molar-refractivity contribution in [1.29, 1.82) is 0 Å². The number of benzene rings is 2. The number of hydrogen-bond donors (Lipinski definition) is 1. The van der Waals surface area contributed by atoms with Crippen LogP contribution in [0.1, 0.15) is 42.3 Å². The number of halogens is 2. The summed E-state index contributed by atoms with van der Waals surface area (Å²) in [6.07, 6.45) is 1.49. The second-order valence-corrected chi connectivity index (χ2v) is 7.04. The molecular weight excluding hydrogens is 331 g/mol. The van der Waals surface area contributed by atoms with E-state index in [1.165, 1.54) is 11.8 Å². The highest BCUT2D eigenvalue weighted by Gasteiger charge is 2.14. The summed E-state index contributed by atoms with van der Waals surface area (Å²) in [5, 5.41) is 4.96. The third kappa shape index (κ3) is 4.81. The second kappa shape index (κ2) is 7.16. The molecule has 0 saturated carbocycles. The molecule has 0 bridgehead atoms. The van der Waals surface area contributed by atoms with Gasteiger partial charge in [0, 0.05) is 16.1 Å². The van der Waals surface area contributed by atoms with E-state index >= 15 is 0 Å². The van der Waals surface area contributed by atoms with Gasteiger partial charge in [0.05, 0.1) is 11.2 Å². The van der Waals surface area contributed by atoms with Crippen LogP contribution in [-0.2, 0) is 5.41 Å². The zero-order valence-corrected chi connectivity index (χ0v) is 14.7. The average molecular weight is 349 g/mol. The van der Waals surface area contributed by atoms with Gasteiger partial charge < -0.3 is 0 Å². The molecule has 0 fully saturated rings. The molecule has 2 aromatic rings. The Morgan fingerprint density at radius 1 is 1.09 bits per heavy atom. The fourth-order valence-corrected chi connectivity index (χ4v) is 2.41. The van der Waals surface area contributed by atoms with Gasteiger partial charge in [0.25, 0.3) is 5.91 Å². The molecule has 0 radical (unpaired) electrons. The largest absolute Gasteiger partial charge is 0.271 e. The van der Waals surface area contributed by atoms with Gasteiger partial charge >= 0.3 is 0 Å². The van der Waals surface area contributed by atoms with Crippen molar-refractivity contribution in [2.24, 2.45) is 5.10 Å². The molecule has 2 aromatic carbocycles. The third-order valence-corrected chi connectivity index (χ3v) is 3.91. The molecule has 5 heteroatoms. The molecule has 1 N–H and O–H groups in total. The number of rotatable bonds is 3. The molecule has 0 saturated heterocycles. The maximum absolute atomic E-state index is 12.1. The van der Waals surface area contributed by atoms with Crippen molar-refractivity contribution in [2.75, 3.05) is 0 Å². The molecule has 0 aliphatic rings. The van der Waals surface area contributed by atoms with Gasteiger partial charge in [-0.3, -0.25) is 4.79 Å². The van der Waals surface area contributed by atoms with Gasteiger partial charge in [-0.2, -0.15) is 5.10 Å². The van der Waals surface area contributed by atoms with Crippen molar-refractivity contribution in [3.63, 3.8) is 0 Å². The Morgan fingerprint density at radius 3 is 2.30 bits per heavy atom. The van der Waals surface area contributed by atoms with Crippen LogP contribution in [-0.4, -0.2) is 12.1 Å². The number of hydrogen-bond acceptors (Lipinski definition) is 2. The van der Waals surface area contributed by atoms with Crippen molar-refractivity contribution in [3.05, 3.63) is 69.2 Å². The van der Waals surface area contributed by atoms with Crippen molar-refractivity contribution >= 4 is 35.3 Å². The number of carbonyl (C=O) groups is 1. The van der Waals surface area contributed by atoms with Crippen LogP contribution in [0.5, 0.6) is 0 Å². The first-order chi connectivity index (χ1) is 10.8. The van der Waals surface area contributed by atoms with Crippen LogP contribution >= 0.6 is 23.2 Å². The van der Waals surface area contributed by atoms with Crippen molar-refractivity contribution in [2.45, 2.75) is 26.2 Å². The molecular formula is C18H18Cl2N2O. The summed E-state index contributed by atoms with van der Waals surface area (Å²) in [6.45, 7) is 6.38. The number of amides is 1. The number of nitrogens with one attached hydrogen (secondary N) is 1. The first-order valence-electron chi connectivity index (χ1n) is 7.16. The molecule has 0 spiro atoms. The molecule has 0 atom stereocenters. The SMILES string of the molecule is CC(C)(C)c1ccc(C(=O)NN=Cc2ccc(Cl)cc2Cl)cc1. The van der Waals surface area contributed by atoms with Crippen molar-refractivity contribution < 1.29 is 4.79 Å². The number of carbonyl (C=O) groups excluding carboxylic acids is 1. The lowest BCUT2D eigenvalue weighted by Gasteiger charge is -2.18. The fourth-order valence-electron chi connectivity index (χ4n) is 1.95. The Labute approximate surface area is 146 Å². The molecule has 0 aliphatic carbocycles. The van der Waals surface area contributed by atoms with Crippen LogP contribution in [0.2, 0.25) is 10.0 Å². The Balaban J connectivity index is 2.03. The molecule has 3 nitrogen and oxygen atoms in total. The van der Waals surface area contributed by atoms with E-state index in [0.717, 1.165) is 0 Å². The topological polar surface area (TPSA) is 41.5 Å². The van der Waals surface area contributed by atoms with Crippen LogP contribution in [0.15, 0.2) is 47.6 Å². The maximum atomic E-state index is 12.1. The summed E-state index contributed by atoms with van der Waals surface area (Å²) in [7, 11) is 0. The molecule has 0 unspecified atom stereocenters. The van der Waals surface area contributed by atoms with Gasteiger partial charge in [-0.25, -0.2) is 5.43 Å². The van der Waals surface area contributed by atoms with E-state index < -0.39 is 0 Å². The van der Waals surface area contributed by atoms with Gasteiger partial charge in [0.15, 0.2) is 0 Å². The third-order valence-electron chi connectivity index (χ3n) is 3.35. The Kier molecular flexibility index (Phi) is 5.45. The lowest BCUT2D eigenvalue weighted by atomic mass is 9.87. The first kappa shape index (κ1) is 17.5. The van der Waals surface area contributed by atoms with Gasteiger partial charge in [0.1, 0.15) is 0 Å². The predicted octanol–water partition coefficient (Wildman–Crippen LogP) is 5.05. The highest BCUT2D eigenvalue weighted by atomic mass is 35.5. The zero-order valence-electron chi connectivity index (χ0n) is 13.2. The number of hydrazone groups is 1. The Morgan fingerprint density at radius 2 is 1.74 bits per heavy atom. The van der Waals surface area contributed by atoms with Gasteiger partial charge in [-0.05, 0) is 35.2 Å². The summed E-state index contributed by atoms with van der Waals surface area (Å²) in [5.41, 5.74) is 4.95. The minimum Gasteiger partial charge on any atom is -0.267 e. The lowest BCUT2D eigenvalue weighted by molar-refractivity contribution is 0.0955. The van der Waals surface area contributed by atoms with Crippen molar-refractivity contribution in [1.82, 2.24) is 5.43 Å². The van der Waals surface area contributed by atoms with Crippen LogP contribution < -0.4 is 5.43 Å². The van der Waals surface area contributed by atoms with Gasteiger partial charge in [-0.15, -0.1) is 0 Å². The van der Waals surface area contributed by atoms with Crippen LogP contribution in [0.4, 0.5) is 0 Å². The minimum atomic E-state index is -0.271. The molecule has 23 heavy (non-hydrogen) atoms. The van der Waals surface area contributed by atoms with Crippen LogP contribution in [0.3, 0.4) is 0 Å². The highest BCUT2D eigenvalue weighted by molar-refractivity contribution is 6.36. The van der Waals surface area contributed by atoms with E-state index in [9.17, 15) is 4.79 Å². The van der Waals surface area contributed by atoms with Crippen LogP contribution in [0.25, 0.3) is 0 Å². The monoisotopic (exact) mass is 348 g/mol. The van der Waals surface area contributed by atoms with E-state index in [2.05, 4.69) is 31.3 Å². The predicted molar refractivity (Wildman–Crippen MR) is 96.7 cm³/mol. The second-order valence-electron chi connectivity index (χ2n) is 6.19. The molecule has 0 aromatic heterocycles. The van der Waals surface area contributed by atoms with Gasteiger partial charge in [-0.1, -0.05) is 62.2 Å². The van der Waals surface area contributed by atoms with Crippen molar-refractivity contribution in [3.8, 4) is 0 Å². The summed E-state index contributed by atoms with van der Waals surface area (Å²) >= 11 is 11.9. The zero-order chi connectivity index (χ0) is 17.0. The molecule has 2 rings (SSSR count). The molecule has 120 valence electrons. The summed E-state index contributed by atoms with van der Waals surface area (Å²) in [5.74, 6) is -0.271.